The van der Waals surface area contributed by atoms with Crippen LogP contribution in [-0.2, 0) is 15.6 Å². The lowest BCUT2D eigenvalue weighted by atomic mass is 10.2. The highest BCUT2D eigenvalue weighted by Gasteiger charge is 2.10. The van der Waals surface area contributed by atoms with Crippen molar-refractivity contribution in [2.75, 3.05) is 19.1 Å². The molecule has 0 aliphatic rings. The summed E-state index contributed by atoms with van der Waals surface area (Å²) in [5.74, 6) is 0.282. The Labute approximate surface area is 69.0 Å². The highest BCUT2D eigenvalue weighted by atomic mass is 32.2. The Morgan fingerprint density at radius 3 is 2.64 bits per heavy atom. The molecular formula is C6H14N2O2S. The molecular weight excluding hydrogens is 164 g/mol. The van der Waals surface area contributed by atoms with E-state index in [2.05, 4.69) is 5.32 Å². The first-order valence-corrected chi connectivity index (χ1v) is 5.08. The number of nitrogens with one attached hydrogen (secondary N) is 1. The molecule has 0 rings (SSSR count). The molecule has 11 heavy (non-hydrogen) atoms. The molecule has 2 unspecified atom stereocenters. The predicted octanol–water partition coefficient (Wildman–Crippen LogP) is -1.17. The molecule has 4 nitrogen and oxygen atoms in total. The van der Waals surface area contributed by atoms with Gasteiger partial charge in [0.25, 0.3) is 0 Å². The number of carbonyl (C=O) groups excluding carboxylic acids is 1. The van der Waals surface area contributed by atoms with Gasteiger partial charge in [0.2, 0.25) is 5.91 Å². The first kappa shape index (κ1) is 10.6. The summed E-state index contributed by atoms with van der Waals surface area (Å²) < 4.78 is 10.6. The average molecular weight is 178 g/mol. The third-order valence-corrected chi connectivity index (χ3v) is 2.11. The van der Waals surface area contributed by atoms with Crippen LogP contribution in [0.3, 0.4) is 0 Å². The third-order valence-electron chi connectivity index (χ3n) is 1.30. The molecule has 2 atom stereocenters. The van der Waals surface area contributed by atoms with Crippen LogP contribution in [0.1, 0.15) is 6.42 Å². The SMILES string of the molecule is CNC(=O)C(N)CCS(C)=O. The molecule has 0 aliphatic carbocycles. The van der Waals surface area contributed by atoms with Crippen LogP contribution in [0.25, 0.3) is 0 Å². The van der Waals surface area contributed by atoms with Crippen molar-refractivity contribution < 1.29 is 9.00 Å². The Morgan fingerprint density at radius 1 is 1.73 bits per heavy atom. The molecule has 0 aromatic heterocycles. The Hall–Kier alpha value is -0.420. The highest BCUT2D eigenvalue weighted by molar-refractivity contribution is 7.84. The van der Waals surface area contributed by atoms with Gasteiger partial charge in [-0.1, -0.05) is 0 Å². The molecule has 0 spiro atoms. The number of amides is 1. The lowest BCUT2D eigenvalue weighted by molar-refractivity contribution is -0.121. The number of likely N-dealkylation sites (N-methyl/N-ethyl adjacent to an activating group) is 1. The summed E-state index contributed by atoms with van der Waals surface area (Å²) in [6.07, 6.45) is 2.07. The monoisotopic (exact) mass is 178 g/mol. The molecule has 0 aromatic rings. The fraction of sp³-hybridized carbons (Fsp3) is 0.833. The van der Waals surface area contributed by atoms with Crippen molar-refractivity contribution in [3.05, 3.63) is 0 Å². The number of hydrogen-bond acceptors (Lipinski definition) is 3. The fourth-order valence-corrected chi connectivity index (χ4v) is 1.20. The summed E-state index contributed by atoms with van der Waals surface area (Å²) in [5, 5.41) is 2.43. The lowest BCUT2D eigenvalue weighted by Gasteiger charge is -2.07. The van der Waals surface area contributed by atoms with E-state index in [0.717, 1.165) is 0 Å². The molecule has 0 aliphatic heterocycles. The Morgan fingerprint density at radius 2 is 2.27 bits per heavy atom. The van der Waals surface area contributed by atoms with Gasteiger partial charge in [0, 0.05) is 29.9 Å². The summed E-state index contributed by atoms with van der Waals surface area (Å²) in [5.41, 5.74) is 5.43. The molecule has 0 bridgehead atoms. The maximum Gasteiger partial charge on any atom is 0.236 e. The number of nitrogens with two attached hydrogens (primary N) is 1. The zero-order valence-electron chi connectivity index (χ0n) is 6.79. The van der Waals surface area contributed by atoms with Gasteiger partial charge in [0.05, 0.1) is 6.04 Å². The van der Waals surface area contributed by atoms with Gasteiger partial charge in [-0.05, 0) is 6.42 Å². The highest BCUT2D eigenvalue weighted by Crippen LogP contribution is 1.89. The summed E-state index contributed by atoms with van der Waals surface area (Å²) >= 11 is 0. The van der Waals surface area contributed by atoms with E-state index in [1.54, 1.807) is 6.26 Å². The van der Waals surface area contributed by atoms with Gasteiger partial charge in [0.1, 0.15) is 0 Å². The van der Waals surface area contributed by atoms with Crippen LogP contribution in [0.15, 0.2) is 0 Å². The summed E-state index contributed by atoms with van der Waals surface area (Å²) in [4.78, 5) is 10.8. The van der Waals surface area contributed by atoms with Crippen LogP contribution in [0.2, 0.25) is 0 Å². The number of carbonyl (C=O) groups is 1. The topological polar surface area (TPSA) is 72.2 Å². The average Bonchev–Trinajstić information content (AvgIpc) is 1.98. The summed E-state index contributed by atoms with van der Waals surface area (Å²) in [6.45, 7) is 0. The second-order valence-electron chi connectivity index (χ2n) is 2.29. The van der Waals surface area contributed by atoms with E-state index in [-0.39, 0.29) is 5.91 Å². The van der Waals surface area contributed by atoms with Crippen molar-refractivity contribution in [3.63, 3.8) is 0 Å². The quantitative estimate of drug-likeness (QED) is 0.569. The Kier molecular flexibility index (Phi) is 5.06. The van der Waals surface area contributed by atoms with Crippen LogP contribution in [-0.4, -0.2) is 35.2 Å². The smallest absolute Gasteiger partial charge is 0.236 e. The van der Waals surface area contributed by atoms with Crippen LogP contribution in [0.5, 0.6) is 0 Å². The van der Waals surface area contributed by atoms with Crippen molar-refractivity contribution in [2.45, 2.75) is 12.5 Å². The van der Waals surface area contributed by atoms with Crippen molar-refractivity contribution in [1.82, 2.24) is 5.32 Å². The van der Waals surface area contributed by atoms with E-state index in [4.69, 9.17) is 5.73 Å². The minimum absolute atomic E-state index is 0.199. The third kappa shape index (κ3) is 4.92. The van der Waals surface area contributed by atoms with Gasteiger partial charge in [-0.2, -0.15) is 0 Å². The Bertz CT molecular complexity index is 161. The van der Waals surface area contributed by atoms with Crippen molar-refractivity contribution in [3.8, 4) is 0 Å². The summed E-state index contributed by atoms with van der Waals surface area (Å²) in [7, 11) is 0.668. The molecule has 1 amide bonds. The van der Waals surface area contributed by atoms with Crippen molar-refractivity contribution >= 4 is 16.7 Å². The maximum absolute atomic E-state index is 10.8. The molecule has 3 N–H and O–H groups in total. The van der Waals surface area contributed by atoms with E-state index < -0.39 is 16.8 Å². The van der Waals surface area contributed by atoms with E-state index in [9.17, 15) is 9.00 Å². The minimum atomic E-state index is -0.865. The fourth-order valence-electron chi connectivity index (χ4n) is 0.609. The molecule has 0 saturated carbocycles. The molecule has 0 aromatic carbocycles. The van der Waals surface area contributed by atoms with Gasteiger partial charge >= 0.3 is 0 Å². The largest absolute Gasteiger partial charge is 0.358 e. The zero-order chi connectivity index (χ0) is 8.85. The van der Waals surface area contributed by atoms with Gasteiger partial charge in [0.15, 0.2) is 0 Å². The van der Waals surface area contributed by atoms with E-state index in [0.29, 0.717) is 12.2 Å². The van der Waals surface area contributed by atoms with Crippen LogP contribution < -0.4 is 11.1 Å². The van der Waals surface area contributed by atoms with Gasteiger partial charge in [-0.3, -0.25) is 9.00 Å². The molecule has 0 saturated heterocycles. The van der Waals surface area contributed by atoms with Crippen molar-refractivity contribution in [1.29, 1.82) is 0 Å². The standard InChI is InChI=1S/C6H14N2O2S/c1-8-6(9)5(7)3-4-11(2)10/h5H,3-4,7H2,1-2H3,(H,8,9). The predicted molar refractivity (Wildman–Crippen MR) is 45.6 cm³/mol. The van der Waals surface area contributed by atoms with E-state index in [1.807, 2.05) is 0 Å². The van der Waals surface area contributed by atoms with Gasteiger partial charge < -0.3 is 11.1 Å². The van der Waals surface area contributed by atoms with Crippen LogP contribution >= 0.6 is 0 Å². The molecule has 0 fully saturated rings. The maximum atomic E-state index is 10.8. The first-order chi connectivity index (χ1) is 5.07. The minimum Gasteiger partial charge on any atom is -0.358 e. The molecule has 0 radical (unpaired) electrons. The van der Waals surface area contributed by atoms with Crippen LogP contribution in [0, 0.1) is 0 Å². The van der Waals surface area contributed by atoms with Crippen LogP contribution in [0.4, 0.5) is 0 Å². The molecule has 5 heteroatoms. The normalized spacial score (nSPS) is 15.5. The number of rotatable bonds is 4. The second kappa shape index (κ2) is 5.26. The zero-order valence-corrected chi connectivity index (χ0v) is 7.61. The first-order valence-electron chi connectivity index (χ1n) is 3.35. The van der Waals surface area contributed by atoms with E-state index >= 15 is 0 Å². The number of hydrogen-bond donors (Lipinski definition) is 2. The van der Waals surface area contributed by atoms with Gasteiger partial charge in [-0.25, -0.2) is 0 Å². The van der Waals surface area contributed by atoms with E-state index in [1.165, 1.54) is 7.05 Å². The summed E-state index contributed by atoms with van der Waals surface area (Å²) in [6, 6.07) is -0.524. The Balaban J connectivity index is 3.60. The van der Waals surface area contributed by atoms with Gasteiger partial charge in [-0.15, -0.1) is 0 Å². The molecule has 66 valence electrons. The lowest BCUT2D eigenvalue weighted by Crippen LogP contribution is -2.39. The van der Waals surface area contributed by atoms with Crippen molar-refractivity contribution in [2.24, 2.45) is 5.73 Å². The molecule has 0 heterocycles. The second-order valence-corrected chi connectivity index (χ2v) is 3.84.